The topological polar surface area (TPSA) is 29.1 Å². The molecule has 50 valence electrons. The maximum Gasteiger partial charge on any atom is 0.178 e. The van der Waals surface area contributed by atoms with Gasteiger partial charge >= 0.3 is 0 Å². The third-order valence-corrected chi connectivity index (χ3v) is 1.43. The van der Waals surface area contributed by atoms with Gasteiger partial charge in [-0.15, -0.1) is 0 Å². The zero-order valence-electron chi connectivity index (χ0n) is 5.61. The minimum atomic E-state index is 0.229. The standard InChI is InChI=1S/C7H11NO/c1-2-7(9)6-4-3-5-8-6/h4,8H,2-3,5H2,1H3. The monoisotopic (exact) mass is 125 g/mol. The fourth-order valence-corrected chi connectivity index (χ4v) is 0.898. The number of carbonyl (C=O) groups excluding carboxylic acids is 1. The van der Waals surface area contributed by atoms with Crippen LogP contribution in [0.5, 0.6) is 0 Å². The van der Waals surface area contributed by atoms with Crippen molar-refractivity contribution in [2.45, 2.75) is 19.8 Å². The lowest BCUT2D eigenvalue weighted by Crippen LogP contribution is -2.14. The summed E-state index contributed by atoms with van der Waals surface area (Å²) in [7, 11) is 0. The van der Waals surface area contributed by atoms with E-state index >= 15 is 0 Å². The largest absolute Gasteiger partial charge is 0.382 e. The Kier molecular flexibility index (Phi) is 1.88. The van der Waals surface area contributed by atoms with Crippen LogP contribution in [-0.4, -0.2) is 12.3 Å². The van der Waals surface area contributed by atoms with Crippen LogP contribution in [0.4, 0.5) is 0 Å². The number of ketones is 1. The van der Waals surface area contributed by atoms with Gasteiger partial charge in [-0.2, -0.15) is 0 Å². The molecule has 0 aromatic rings. The molecule has 0 atom stereocenters. The molecule has 1 aliphatic rings. The average molecular weight is 125 g/mol. The van der Waals surface area contributed by atoms with Gasteiger partial charge in [0.15, 0.2) is 5.78 Å². The molecule has 0 aromatic heterocycles. The molecule has 0 aliphatic carbocycles. The number of nitrogens with one attached hydrogen (secondary N) is 1. The molecular weight excluding hydrogens is 114 g/mol. The van der Waals surface area contributed by atoms with Gasteiger partial charge in [0, 0.05) is 13.0 Å². The van der Waals surface area contributed by atoms with Gasteiger partial charge in [0.25, 0.3) is 0 Å². The number of rotatable bonds is 2. The maximum absolute atomic E-state index is 10.9. The highest BCUT2D eigenvalue weighted by Gasteiger charge is 2.08. The summed E-state index contributed by atoms with van der Waals surface area (Å²) in [5.41, 5.74) is 0.817. The average Bonchev–Trinajstić information content (AvgIpc) is 2.37. The van der Waals surface area contributed by atoms with Crippen LogP contribution >= 0.6 is 0 Å². The number of hydrogen-bond donors (Lipinski definition) is 1. The summed E-state index contributed by atoms with van der Waals surface area (Å²) in [4.78, 5) is 10.9. The second kappa shape index (κ2) is 2.67. The quantitative estimate of drug-likeness (QED) is 0.592. The molecule has 0 aromatic carbocycles. The van der Waals surface area contributed by atoms with Gasteiger partial charge in [0.05, 0.1) is 5.70 Å². The van der Waals surface area contributed by atoms with Crippen molar-refractivity contribution in [3.05, 3.63) is 11.8 Å². The first-order valence-corrected chi connectivity index (χ1v) is 3.32. The van der Waals surface area contributed by atoms with Crippen LogP contribution in [0.25, 0.3) is 0 Å². The van der Waals surface area contributed by atoms with E-state index in [-0.39, 0.29) is 5.78 Å². The predicted octanol–water partition coefficient (Wildman–Crippen LogP) is 0.843. The lowest BCUT2D eigenvalue weighted by molar-refractivity contribution is -0.115. The van der Waals surface area contributed by atoms with Crippen LogP contribution in [0.3, 0.4) is 0 Å². The Morgan fingerprint density at radius 1 is 1.89 bits per heavy atom. The molecule has 0 unspecified atom stereocenters. The van der Waals surface area contributed by atoms with E-state index in [0.717, 1.165) is 18.7 Å². The normalized spacial score (nSPS) is 16.8. The van der Waals surface area contributed by atoms with E-state index in [1.165, 1.54) is 0 Å². The van der Waals surface area contributed by atoms with Gasteiger partial charge < -0.3 is 5.32 Å². The molecule has 1 N–H and O–H groups in total. The zero-order valence-corrected chi connectivity index (χ0v) is 5.61. The molecular formula is C7H11NO. The van der Waals surface area contributed by atoms with Crippen molar-refractivity contribution < 1.29 is 4.79 Å². The summed E-state index contributed by atoms with van der Waals surface area (Å²) in [6.45, 7) is 2.81. The van der Waals surface area contributed by atoms with E-state index in [9.17, 15) is 4.79 Å². The molecule has 0 fully saturated rings. The van der Waals surface area contributed by atoms with Gasteiger partial charge in [-0.3, -0.25) is 4.79 Å². The summed E-state index contributed by atoms with van der Waals surface area (Å²) in [5, 5.41) is 3.02. The second-order valence-corrected chi connectivity index (χ2v) is 2.11. The van der Waals surface area contributed by atoms with Crippen LogP contribution in [-0.2, 0) is 4.79 Å². The first kappa shape index (κ1) is 6.33. The van der Waals surface area contributed by atoms with Gasteiger partial charge in [0.2, 0.25) is 0 Å². The molecule has 2 heteroatoms. The van der Waals surface area contributed by atoms with E-state index in [2.05, 4.69) is 5.32 Å². The molecule has 9 heavy (non-hydrogen) atoms. The first-order chi connectivity index (χ1) is 4.34. The number of allylic oxidation sites excluding steroid dienone is 1. The van der Waals surface area contributed by atoms with Crippen LogP contribution in [0, 0.1) is 0 Å². The SMILES string of the molecule is CCC(=O)C1=CCCN1. The summed E-state index contributed by atoms with van der Waals surface area (Å²) in [6.07, 6.45) is 3.58. The number of carbonyl (C=O) groups is 1. The molecule has 1 rings (SSSR count). The molecule has 0 saturated carbocycles. The van der Waals surface area contributed by atoms with E-state index in [4.69, 9.17) is 0 Å². The van der Waals surface area contributed by atoms with Crippen LogP contribution < -0.4 is 5.32 Å². The summed E-state index contributed by atoms with van der Waals surface area (Å²) in [6, 6.07) is 0. The highest BCUT2D eigenvalue weighted by molar-refractivity contribution is 5.94. The van der Waals surface area contributed by atoms with Crippen LogP contribution in [0.1, 0.15) is 19.8 Å². The lowest BCUT2D eigenvalue weighted by Gasteiger charge is -1.97. The van der Waals surface area contributed by atoms with E-state index in [0.29, 0.717) is 6.42 Å². The van der Waals surface area contributed by atoms with Crippen molar-refractivity contribution in [1.82, 2.24) is 5.32 Å². The molecule has 1 heterocycles. The summed E-state index contributed by atoms with van der Waals surface area (Å²) in [5.74, 6) is 0.229. The third-order valence-electron chi connectivity index (χ3n) is 1.43. The Morgan fingerprint density at radius 2 is 2.67 bits per heavy atom. The first-order valence-electron chi connectivity index (χ1n) is 3.32. The highest BCUT2D eigenvalue weighted by atomic mass is 16.1. The molecule has 0 amide bonds. The van der Waals surface area contributed by atoms with Crippen molar-refractivity contribution in [3.8, 4) is 0 Å². The smallest absolute Gasteiger partial charge is 0.178 e. The summed E-state index contributed by atoms with van der Waals surface area (Å²) < 4.78 is 0. The Labute approximate surface area is 54.9 Å². The Morgan fingerprint density at radius 3 is 3.11 bits per heavy atom. The van der Waals surface area contributed by atoms with Crippen LogP contribution in [0.15, 0.2) is 11.8 Å². The van der Waals surface area contributed by atoms with Crippen molar-refractivity contribution in [2.24, 2.45) is 0 Å². The van der Waals surface area contributed by atoms with Crippen molar-refractivity contribution in [2.75, 3.05) is 6.54 Å². The van der Waals surface area contributed by atoms with Gasteiger partial charge in [-0.1, -0.05) is 13.0 Å². The minimum absolute atomic E-state index is 0.229. The van der Waals surface area contributed by atoms with Gasteiger partial charge in [-0.25, -0.2) is 0 Å². The van der Waals surface area contributed by atoms with Gasteiger partial charge in [0.1, 0.15) is 0 Å². The van der Waals surface area contributed by atoms with Crippen molar-refractivity contribution in [1.29, 1.82) is 0 Å². The minimum Gasteiger partial charge on any atom is -0.382 e. The van der Waals surface area contributed by atoms with E-state index < -0.39 is 0 Å². The van der Waals surface area contributed by atoms with E-state index in [1.54, 1.807) is 0 Å². The molecule has 2 nitrogen and oxygen atoms in total. The molecule has 0 spiro atoms. The molecule has 0 bridgehead atoms. The van der Waals surface area contributed by atoms with Crippen molar-refractivity contribution >= 4 is 5.78 Å². The fourth-order valence-electron chi connectivity index (χ4n) is 0.898. The Hall–Kier alpha value is -0.790. The molecule has 1 aliphatic heterocycles. The predicted molar refractivity (Wildman–Crippen MR) is 36.0 cm³/mol. The van der Waals surface area contributed by atoms with E-state index in [1.807, 2.05) is 13.0 Å². The Bertz CT molecular complexity index is 149. The second-order valence-electron chi connectivity index (χ2n) is 2.11. The van der Waals surface area contributed by atoms with Gasteiger partial charge in [-0.05, 0) is 6.42 Å². The molecule has 0 saturated heterocycles. The number of Topliss-reactive ketones (excluding diaryl/α,β-unsaturated/α-hetero) is 1. The van der Waals surface area contributed by atoms with Crippen molar-refractivity contribution in [3.63, 3.8) is 0 Å². The maximum atomic E-state index is 10.9. The summed E-state index contributed by atoms with van der Waals surface area (Å²) >= 11 is 0. The fraction of sp³-hybridized carbons (Fsp3) is 0.571. The number of hydrogen-bond acceptors (Lipinski definition) is 2. The zero-order chi connectivity index (χ0) is 6.69. The van der Waals surface area contributed by atoms with Crippen LogP contribution in [0.2, 0.25) is 0 Å². The highest BCUT2D eigenvalue weighted by Crippen LogP contribution is 2.03. The third kappa shape index (κ3) is 1.31. The Balaban J connectivity index is 2.51. The lowest BCUT2D eigenvalue weighted by atomic mass is 10.2. The molecule has 0 radical (unpaired) electrons.